The second kappa shape index (κ2) is 9.12. The number of pyridine rings is 1. The van der Waals surface area contributed by atoms with Crippen LogP contribution in [0.1, 0.15) is 42.3 Å². The third kappa shape index (κ3) is 4.83. The largest absolute Gasteiger partial charge is 0.309 e. The first-order valence-electron chi connectivity index (χ1n) is 10.4. The van der Waals surface area contributed by atoms with Gasteiger partial charge in [0.15, 0.2) is 0 Å². The Morgan fingerprint density at radius 2 is 1.78 bits per heavy atom. The minimum Gasteiger partial charge on any atom is -0.309 e. The molecule has 0 spiro atoms. The van der Waals surface area contributed by atoms with Gasteiger partial charge in [0, 0.05) is 13.2 Å². The molecule has 0 aliphatic heterocycles. The van der Waals surface area contributed by atoms with Crippen molar-refractivity contribution in [2.24, 2.45) is 7.05 Å². The number of aromatic nitrogens is 3. The summed E-state index contributed by atoms with van der Waals surface area (Å²) in [5.41, 5.74) is 3.31. The molecule has 0 aliphatic rings. The van der Waals surface area contributed by atoms with Gasteiger partial charge >= 0.3 is 0 Å². The molecule has 0 saturated carbocycles. The van der Waals surface area contributed by atoms with Gasteiger partial charge in [-0.15, -0.1) is 0 Å². The van der Waals surface area contributed by atoms with Gasteiger partial charge in [-0.05, 0) is 62.1 Å². The zero-order valence-electron chi connectivity index (χ0n) is 19.2. The Kier molecular flexibility index (Phi) is 6.68. The number of nitrogens with zero attached hydrogens (tertiary/aromatic N) is 4. The van der Waals surface area contributed by atoms with E-state index < -0.39 is 22.5 Å². The summed E-state index contributed by atoms with van der Waals surface area (Å²) in [4.78, 5) is 17.1. The molecule has 0 aliphatic carbocycles. The van der Waals surface area contributed by atoms with Gasteiger partial charge in [0.05, 0.1) is 17.1 Å². The molecule has 8 nitrogen and oxygen atoms in total. The van der Waals surface area contributed by atoms with E-state index in [1.54, 1.807) is 45.3 Å². The highest BCUT2D eigenvalue weighted by molar-refractivity contribution is 7.93. The summed E-state index contributed by atoms with van der Waals surface area (Å²) in [6.45, 7) is 8.97. The summed E-state index contributed by atoms with van der Waals surface area (Å²) < 4.78 is 30.1. The molecule has 0 unspecified atom stereocenters. The monoisotopic (exact) mass is 455 g/mol. The number of hydrogen-bond acceptors (Lipinski definition) is 5. The number of benzene rings is 1. The summed E-state index contributed by atoms with van der Waals surface area (Å²) in [5.74, 6) is 0.183. The smallest absolute Gasteiger partial charge is 0.268 e. The van der Waals surface area contributed by atoms with Crippen molar-refractivity contribution in [2.45, 2.75) is 45.4 Å². The minimum atomic E-state index is -4.05. The van der Waals surface area contributed by atoms with E-state index >= 15 is 0 Å². The zero-order chi connectivity index (χ0) is 23.6. The van der Waals surface area contributed by atoms with Crippen molar-refractivity contribution in [3.8, 4) is 0 Å². The molecule has 3 rings (SSSR count). The average Bonchev–Trinajstić information content (AvgIpc) is 2.98. The fourth-order valence-electron chi connectivity index (χ4n) is 3.50. The second-order valence-corrected chi connectivity index (χ2v) is 9.95. The molecule has 1 N–H and O–H groups in total. The van der Waals surface area contributed by atoms with Gasteiger partial charge in [-0.3, -0.25) is 13.8 Å². The molecular formula is C23H29N5O3S. The van der Waals surface area contributed by atoms with Crippen LogP contribution in [0.2, 0.25) is 0 Å². The van der Waals surface area contributed by atoms with E-state index in [1.807, 2.05) is 25.1 Å². The average molecular weight is 456 g/mol. The van der Waals surface area contributed by atoms with E-state index in [4.69, 9.17) is 0 Å². The molecule has 0 bridgehead atoms. The van der Waals surface area contributed by atoms with Crippen LogP contribution in [0, 0.1) is 20.8 Å². The Hall–Kier alpha value is -3.20. The van der Waals surface area contributed by atoms with Crippen LogP contribution in [-0.2, 0) is 21.9 Å². The lowest BCUT2D eigenvalue weighted by molar-refractivity contribution is -0.114. The molecule has 0 fully saturated rings. The lowest BCUT2D eigenvalue weighted by Crippen LogP contribution is -2.38. The van der Waals surface area contributed by atoms with Gasteiger partial charge in [-0.25, -0.2) is 13.4 Å². The van der Waals surface area contributed by atoms with Crippen LogP contribution in [0.25, 0.3) is 0 Å². The topological polar surface area (TPSA) is 97.2 Å². The molecule has 3 aromatic rings. The van der Waals surface area contributed by atoms with Crippen molar-refractivity contribution < 1.29 is 13.2 Å². The predicted molar refractivity (Wildman–Crippen MR) is 125 cm³/mol. The molecular weight excluding hydrogens is 426 g/mol. The van der Waals surface area contributed by atoms with Crippen LogP contribution in [0.4, 0.5) is 11.5 Å². The number of rotatable bonds is 7. The van der Waals surface area contributed by atoms with E-state index in [0.717, 1.165) is 15.4 Å². The zero-order valence-corrected chi connectivity index (χ0v) is 20.1. The summed E-state index contributed by atoms with van der Waals surface area (Å²) in [7, 11) is -2.36. The Balaban J connectivity index is 2.02. The number of amides is 1. The maximum absolute atomic E-state index is 13.7. The summed E-state index contributed by atoms with van der Waals surface area (Å²) in [6.07, 6.45) is 1.59. The van der Waals surface area contributed by atoms with Crippen molar-refractivity contribution in [1.29, 1.82) is 0 Å². The van der Waals surface area contributed by atoms with E-state index in [-0.39, 0.29) is 4.90 Å². The number of aryl methyl sites for hydroxylation is 3. The van der Waals surface area contributed by atoms with Crippen molar-refractivity contribution in [1.82, 2.24) is 14.8 Å². The number of carbonyl (C=O) groups excluding carboxylic acids is 1. The van der Waals surface area contributed by atoms with Crippen molar-refractivity contribution in [3.05, 3.63) is 65.1 Å². The predicted octanol–water partition coefficient (Wildman–Crippen LogP) is 3.70. The first-order valence-corrected chi connectivity index (χ1v) is 11.8. The summed E-state index contributed by atoms with van der Waals surface area (Å²) in [6, 6.07) is 10.8. The Bertz CT molecular complexity index is 1230. The lowest BCUT2D eigenvalue weighted by atomic mass is 10.0. The molecule has 1 amide bonds. The van der Waals surface area contributed by atoms with E-state index in [9.17, 15) is 13.2 Å². The minimum absolute atomic E-state index is 0.106. The van der Waals surface area contributed by atoms with Gasteiger partial charge in [0.25, 0.3) is 10.0 Å². The van der Waals surface area contributed by atoms with Crippen LogP contribution in [0.3, 0.4) is 0 Å². The Labute approximate surface area is 189 Å². The van der Waals surface area contributed by atoms with Gasteiger partial charge in [0.2, 0.25) is 5.91 Å². The van der Waals surface area contributed by atoms with Crippen molar-refractivity contribution in [2.75, 3.05) is 16.2 Å². The normalized spacial score (nSPS) is 11.6. The molecule has 2 aromatic heterocycles. The first-order chi connectivity index (χ1) is 15.0. The number of sulfonamides is 1. The third-order valence-electron chi connectivity index (χ3n) is 5.31. The highest BCUT2D eigenvalue weighted by Crippen LogP contribution is 2.29. The van der Waals surface area contributed by atoms with E-state index in [2.05, 4.69) is 29.2 Å². The van der Waals surface area contributed by atoms with Crippen LogP contribution in [0.15, 0.2) is 47.5 Å². The molecule has 0 atom stereocenters. The standard InChI is InChI=1S/C23H29N5O3S/c1-15(2)19-7-9-20(10-8-19)28(14-22(29)25-21-13-16(3)11-12-24-21)32(30,31)23-17(4)26-27(6)18(23)5/h7-13,15H,14H2,1-6H3,(H,24,25,29). The lowest BCUT2D eigenvalue weighted by Gasteiger charge is -2.24. The maximum atomic E-state index is 13.7. The van der Waals surface area contributed by atoms with Crippen LogP contribution in [-0.4, -0.2) is 35.6 Å². The molecule has 0 saturated heterocycles. The second-order valence-electron chi connectivity index (χ2n) is 8.15. The van der Waals surface area contributed by atoms with E-state index in [0.29, 0.717) is 28.8 Å². The third-order valence-corrected chi connectivity index (χ3v) is 7.34. The molecule has 1 aromatic carbocycles. The highest BCUT2D eigenvalue weighted by atomic mass is 32.2. The number of carbonyl (C=O) groups is 1. The molecule has 32 heavy (non-hydrogen) atoms. The summed E-state index contributed by atoms with van der Waals surface area (Å²) >= 11 is 0. The molecule has 0 radical (unpaired) electrons. The van der Waals surface area contributed by atoms with E-state index in [1.165, 1.54) is 4.68 Å². The highest BCUT2D eigenvalue weighted by Gasteiger charge is 2.32. The number of nitrogens with one attached hydrogen (secondary N) is 1. The Morgan fingerprint density at radius 1 is 1.12 bits per heavy atom. The summed E-state index contributed by atoms with van der Waals surface area (Å²) in [5, 5.41) is 6.94. The first kappa shape index (κ1) is 23.5. The Morgan fingerprint density at radius 3 is 2.31 bits per heavy atom. The fourth-order valence-corrected chi connectivity index (χ4v) is 5.32. The van der Waals surface area contributed by atoms with Crippen LogP contribution < -0.4 is 9.62 Å². The van der Waals surface area contributed by atoms with Gasteiger partial charge < -0.3 is 5.32 Å². The molecule has 2 heterocycles. The van der Waals surface area contributed by atoms with Crippen LogP contribution >= 0.6 is 0 Å². The quantitative estimate of drug-likeness (QED) is 0.586. The maximum Gasteiger partial charge on any atom is 0.268 e. The SMILES string of the molecule is Cc1ccnc(NC(=O)CN(c2ccc(C(C)C)cc2)S(=O)(=O)c2c(C)nn(C)c2C)c1. The van der Waals surface area contributed by atoms with Gasteiger partial charge in [-0.1, -0.05) is 26.0 Å². The van der Waals surface area contributed by atoms with Crippen molar-refractivity contribution >= 4 is 27.4 Å². The van der Waals surface area contributed by atoms with Crippen LogP contribution in [0.5, 0.6) is 0 Å². The molecule has 170 valence electrons. The fraction of sp³-hybridized carbons (Fsp3) is 0.348. The van der Waals surface area contributed by atoms with Gasteiger partial charge in [-0.2, -0.15) is 5.10 Å². The number of hydrogen-bond donors (Lipinski definition) is 1. The molecule has 9 heteroatoms. The van der Waals surface area contributed by atoms with Gasteiger partial charge in [0.1, 0.15) is 17.3 Å². The van der Waals surface area contributed by atoms with Crippen molar-refractivity contribution in [3.63, 3.8) is 0 Å². The number of anilines is 2.